The predicted octanol–water partition coefficient (Wildman–Crippen LogP) is 3.89. The molecule has 0 unspecified atom stereocenters. The van der Waals surface area contributed by atoms with Gasteiger partial charge in [0.1, 0.15) is 11.4 Å². The van der Waals surface area contributed by atoms with Crippen molar-refractivity contribution >= 4 is 46.1 Å². The summed E-state index contributed by atoms with van der Waals surface area (Å²) in [5.41, 5.74) is -4.30. The van der Waals surface area contributed by atoms with Gasteiger partial charge < -0.3 is 29.9 Å². The van der Waals surface area contributed by atoms with E-state index >= 15 is 4.79 Å². The second-order valence-electron chi connectivity index (χ2n) is 13.7. The monoisotopic (exact) mass is 616 g/mol. The van der Waals surface area contributed by atoms with Crippen LogP contribution in [0.4, 0.5) is 5.69 Å². The lowest BCUT2D eigenvalue weighted by Gasteiger charge is -2.70. The fourth-order valence-electron chi connectivity index (χ4n) is 8.90. The molecule has 6 heterocycles. The molecule has 10 nitrogen and oxygen atoms in total. The zero-order chi connectivity index (χ0) is 31.5. The average Bonchev–Trinajstić information content (AvgIpc) is 3.48. The molecule has 44 heavy (non-hydrogen) atoms. The van der Waals surface area contributed by atoms with Gasteiger partial charge in [-0.25, -0.2) is 0 Å². The highest BCUT2D eigenvalue weighted by molar-refractivity contribution is 6.31. The maximum Gasteiger partial charge on any atom is 0.287 e. The smallest absolute Gasteiger partial charge is 0.287 e. The molecule has 2 aromatic carbocycles. The number of aliphatic hydroxyl groups is 2. The number of anilines is 1. The summed E-state index contributed by atoms with van der Waals surface area (Å²) in [6, 6.07) is 10.1. The molecule has 3 aromatic rings. The first-order valence-electron chi connectivity index (χ1n) is 14.6. The van der Waals surface area contributed by atoms with Crippen LogP contribution in [0.5, 0.6) is 5.75 Å². The van der Waals surface area contributed by atoms with E-state index in [-0.39, 0.29) is 17.0 Å². The van der Waals surface area contributed by atoms with Crippen molar-refractivity contribution in [3.05, 3.63) is 76.2 Å². The Labute approximate surface area is 258 Å². The number of benzene rings is 2. The number of piperazine rings is 1. The number of H-pyrrole nitrogens is 1. The van der Waals surface area contributed by atoms with Gasteiger partial charge in [0.05, 0.1) is 0 Å². The lowest BCUT2D eigenvalue weighted by atomic mass is 9.61. The van der Waals surface area contributed by atoms with Crippen LogP contribution in [0.25, 0.3) is 17.0 Å². The summed E-state index contributed by atoms with van der Waals surface area (Å²) < 4.78 is 5.86. The van der Waals surface area contributed by atoms with Crippen LogP contribution in [-0.4, -0.2) is 72.1 Å². The van der Waals surface area contributed by atoms with Gasteiger partial charge in [-0.3, -0.25) is 19.4 Å². The number of halogens is 1. The quantitative estimate of drug-likeness (QED) is 0.326. The number of allylic oxidation sites excluding steroid dienone is 1. The zero-order valence-corrected chi connectivity index (χ0v) is 25.9. The molecule has 0 aliphatic carbocycles. The molecule has 3 saturated heterocycles. The van der Waals surface area contributed by atoms with Crippen molar-refractivity contribution in [1.29, 1.82) is 0 Å². The minimum Gasteiger partial charge on any atom is -0.508 e. The third-order valence-corrected chi connectivity index (χ3v) is 11.3. The molecule has 3 fully saturated rings. The second kappa shape index (κ2) is 7.87. The van der Waals surface area contributed by atoms with E-state index in [0.29, 0.717) is 16.3 Å². The maximum absolute atomic E-state index is 15.0. The Morgan fingerprint density at radius 3 is 2.45 bits per heavy atom. The molecule has 2 amide bonds. The first kappa shape index (κ1) is 27.7. The third-order valence-electron chi connectivity index (χ3n) is 11.0. The van der Waals surface area contributed by atoms with Crippen molar-refractivity contribution in [3.63, 3.8) is 0 Å². The van der Waals surface area contributed by atoms with Crippen molar-refractivity contribution < 1.29 is 29.6 Å². The highest BCUT2D eigenvalue weighted by atomic mass is 35.5. The summed E-state index contributed by atoms with van der Waals surface area (Å²) >= 11 is 6.31. The Kier molecular flexibility index (Phi) is 4.95. The van der Waals surface area contributed by atoms with E-state index in [2.05, 4.69) is 4.98 Å². The van der Waals surface area contributed by atoms with E-state index in [9.17, 15) is 20.1 Å². The van der Waals surface area contributed by atoms with Crippen molar-refractivity contribution in [2.24, 2.45) is 5.92 Å². The van der Waals surface area contributed by atoms with E-state index in [1.165, 1.54) is 30.3 Å². The van der Waals surface area contributed by atoms with Gasteiger partial charge in [0, 0.05) is 68.6 Å². The summed E-state index contributed by atoms with van der Waals surface area (Å²) in [5, 5.41) is 37.5. The zero-order valence-electron chi connectivity index (χ0n) is 25.1. The number of hydrogen-bond acceptors (Lipinski definition) is 7. The van der Waals surface area contributed by atoms with Crippen molar-refractivity contribution in [2.75, 3.05) is 12.0 Å². The molecular weight excluding hydrogens is 584 g/mol. The van der Waals surface area contributed by atoms with Crippen LogP contribution in [-0.2, 0) is 25.3 Å². The minimum atomic E-state index is -2.59. The maximum atomic E-state index is 15.0. The van der Waals surface area contributed by atoms with Crippen LogP contribution in [0.15, 0.2) is 54.4 Å². The number of hydrogen-bond donors (Lipinski definition) is 4. The lowest BCUT2D eigenvalue weighted by Crippen LogP contribution is -2.87. The topological polar surface area (TPSA) is 130 Å². The number of phenols is 1. The number of fused-ring (bicyclic) bond motifs is 8. The van der Waals surface area contributed by atoms with E-state index in [4.69, 9.17) is 16.3 Å². The van der Waals surface area contributed by atoms with Crippen molar-refractivity contribution in [1.82, 2.24) is 14.8 Å². The van der Waals surface area contributed by atoms with Gasteiger partial charge in [-0.05, 0) is 50.3 Å². The fraction of sp³-hybridized carbons (Fsp3) is 0.394. The molecule has 0 bridgehead atoms. The average molecular weight is 617 g/mol. The number of aromatic hydroxyl groups is 1. The van der Waals surface area contributed by atoms with E-state index in [1.54, 1.807) is 24.3 Å². The third kappa shape index (κ3) is 2.65. The van der Waals surface area contributed by atoms with Crippen LogP contribution in [0.3, 0.4) is 0 Å². The van der Waals surface area contributed by atoms with Crippen LogP contribution in [0.2, 0.25) is 5.02 Å². The lowest BCUT2D eigenvalue weighted by molar-refractivity contribution is -0.213. The number of methoxy groups -OCH3 is 1. The summed E-state index contributed by atoms with van der Waals surface area (Å²) in [6.45, 7) is 9.82. The number of rotatable bonds is 1. The van der Waals surface area contributed by atoms with E-state index in [0.717, 1.165) is 21.5 Å². The number of nitrogens with one attached hydrogen (secondary N) is 1. The first-order chi connectivity index (χ1) is 20.6. The Balaban J connectivity index is 1.43. The molecule has 0 radical (unpaired) electrons. The largest absolute Gasteiger partial charge is 0.508 e. The summed E-state index contributed by atoms with van der Waals surface area (Å²) in [4.78, 5) is 37.4. The molecule has 4 N–H and O–H groups in total. The molecule has 228 valence electrons. The fourth-order valence-corrected chi connectivity index (χ4v) is 9.08. The predicted molar refractivity (Wildman–Crippen MR) is 163 cm³/mol. The number of aromatic nitrogens is 1. The molecule has 5 aliphatic rings. The number of nitrogens with zero attached hydrogens (tertiary/aromatic N) is 3. The number of carbonyl (C=O) groups is 2. The molecule has 11 heteroatoms. The van der Waals surface area contributed by atoms with E-state index in [1.807, 2.05) is 51.7 Å². The van der Waals surface area contributed by atoms with Crippen LogP contribution < -0.4 is 4.90 Å². The number of carbonyl (C=O) groups excluding carboxylic acids is 2. The number of ether oxygens (including phenoxy) is 1. The molecular formula is C33H33ClN4O6. The minimum absolute atomic E-state index is 0.0210. The standard InChI is InChI=1S/C33H33ClN4O6/c1-16-30(4,5)37-23-10-8-18(39)14-21(23)31(42)27(44-6)32(43)28(41)36-12-11-29(2,3)25-20(19-9-7-17(34)13-22(19)35-25)15-24(36)26(40)38(32)33(16,31)37/h7-16,27,35,39,42-43H,1-6H3/b12-11-,24-15-/t16-,27+,31+,32+,33+/m0/s1. The summed E-state index contributed by atoms with van der Waals surface area (Å²) in [5.74, 6) is -2.04. The van der Waals surface area contributed by atoms with E-state index < -0.39 is 51.8 Å². The Morgan fingerprint density at radius 2 is 1.75 bits per heavy atom. The highest BCUT2D eigenvalue weighted by Gasteiger charge is 2.91. The van der Waals surface area contributed by atoms with Crippen molar-refractivity contribution in [3.8, 4) is 5.75 Å². The van der Waals surface area contributed by atoms with Crippen LogP contribution in [0, 0.1) is 5.92 Å². The Hall–Kier alpha value is -3.83. The number of amides is 2. The van der Waals surface area contributed by atoms with Crippen molar-refractivity contribution in [2.45, 2.75) is 68.7 Å². The van der Waals surface area contributed by atoms with Gasteiger partial charge in [0.15, 0.2) is 17.4 Å². The van der Waals surface area contributed by atoms with Gasteiger partial charge in [0.2, 0.25) is 0 Å². The first-order valence-corrected chi connectivity index (χ1v) is 15.0. The van der Waals surface area contributed by atoms with Gasteiger partial charge in [-0.15, -0.1) is 0 Å². The SMILES string of the molecule is CO[C@@H]1[C@]2(O)c3cc(O)ccc3N3C(C)(C)[C@H](C)[C@]32N2C(=O)/C3=C/c4c([nH]c5cc(Cl)ccc45)C(C)(C)/C=C\N3C(=O)[C@]12O. The van der Waals surface area contributed by atoms with Crippen LogP contribution >= 0.6 is 11.6 Å². The van der Waals surface area contributed by atoms with Gasteiger partial charge in [-0.2, -0.15) is 0 Å². The van der Waals surface area contributed by atoms with Crippen LogP contribution in [0.1, 0.15) is 51.4 Å². The number of phenolic OH excluding ortho intramolecular Hbond substituents is 1. The molecule has 8 rings (SSSR count). The normalized spacial score (nSPS) is 35.8. The molecule has 1 aromatic heterocycles. The highest BCUT2D eigenvalue weighted by Crippen LogP contribution is 2.74. The molecule has 5 atom stereocenters. The summed E-state index contributed by atoms with van der Waals surface area (Å²) in [7, 11) is 1.30. The molecule has 5 aliphatic heterocycles. The number of aromatic amines is 1. The van der Waals surface area contributed by atoms with Gasteiger partial charge in [0.25, 0.3) is 17.5 Å². The molecule has 0 saturated carbocycles. The molecule has 1 spiro atoms. The summed E-state index contributed by atoms with van der Waals surface area (Å²) in [6.07, 6.45) is 3.40. The second-order valence-corrected chi connectivity index (χ2v) is 14.2. The van der Waals surface area contributed by atoms with Gasteiger partial charge >= 0.3 is 0 Å². The Morgan fingerprint density at radius 1 is 1.02 bits per heavy atom. The van der Waals surface area contributed by atoms with Gasteiger partial charge in [-0.1, -0.05) is 44.5 Å². The Bertz CT molecular complexity index is 1930.